The van der Waals surface area contributed by atoms with Gasteiger partial charge in [-0.05, 0) is 26.7 Å². The van der Waals surface area contributed by atoms with E-state index < -0.39 is 11.7 Å². The van der Waals surface area contributed by atoms with E-state index in [1.807, 2.05) is 13.8 Å². The molecule has 0 radical (unpaired) electrons. The molecular formula is C16H21N3O2. The first-order chi connectivity index (χ1) is 9.94. The Bertz CT molecular complexity index is 613. The minimum atomic E-state index is -0.643. The Balaban J connectivity index is 2.18. The number of ether oxygens (including phenoxy) is 1. The molecule has 112 valence electrons. The van der Waals surface area contributed by atoms with Crippen LogP contribution in [0.25, 0.3) is 0 Å². The van der Waals surface area contributed by atoms with Gasteiger partial charge in [-0.3, -0.25) is 0 Å². The lowest BCUT2D eigenvalue weighted by molar-refractivity contribution is -0.0409. The Morgan fingerprint density at radius 1 is 1.43 bits per heavy atom. The van der Waals surface area contributed by atoms with Crippen LogP contribution in [0.2, 0.25) is 0 Å². The van der Waals surface area contributed by atoms with Crippen LogP contribution in [0.5, 0.6) is 5.75 Å². The maximum Gasteiger partial charge on any atom is 0.129 e. The van der Waals surface area contributed by atoms with Crippen LogP contribution >= 0.6 is 0 Å². The molecule has 0 aromatic heterocycles. The first-order valence-electron chi connectivity index (χ1n) is 7.41. The van der Waals surface area contributed by atoms with Gasteiger partial charge in [0.2, 0.25) is 0 Å². The minimum absolute atomic E-state index is 0.449. The summed E-state index contributed by atoms with van der Waals surface area (Å²) in [6.45, 7) is 5.57. The predicted molar refractivity (Wildman–Crippen MR) is 81.4 cm³/mol. The topological polar surface area (TPSA) is 82.5 Å². The summed E-state index contributed by atoms with van der Waals surface area (Å²) < 4.78 is 5.95. The average Bonchev–Trinajstić information content (AvgIpc) is 2.92. The van der Waals surface area contributed by atoms with E-state index in [9.17, 15) is 10.4 Å². The second-order valence-corrected chi connectivity index (χ2v) is 6.40. The molecular weight excluding hydrogens is 266 g/mol. The van der Waals surface area contributed by atoms with Gasteiger partial charge >= 0.3 is 0 Å². The second kappa shape index (κ2) is 4.81. The van der Waals surface area contributed by atoms with Gasteiger partial charge in [0, 0.05) is 31.1 Å². The summed E-state index contributed by atoms with van der Waals surface area (Å²) in [6, 6.07) is 3.95. The van der Waals surface area contributed by atoms with Crippen molar-refractivity contribution in [3.63, 3.8) is 0 Å². The molecule has 1 aromatic carbocycles. The fraction of sp³-hybridized carbons (Fsp3) is 0.562. The van der Waals surface area contributed by atoms with Gasteiger partial charge in [-0.15, -0.1) is 0 Å². The monoisotopic (exact) mass is 287 g/mol. The third-order valence-electron chi connectivity index (χ3n) is 4.50. The molecule has 1 aromatic rings. The van der Waals surface area contributed by atoms with Crippen LogP contribution in [-0.2, 0) is 6.42 Å². The van der Waals surface area contributed by atoms with Crippen molar-refractivity contribution in [2.75, 3.05) is 23.7 Å². The van der Waals surface area contributed by atoms with E-state index >= 15 is 0 Å². The summed E-state index contributed by atoms with van der Waals surface area (Å²) in [5.41, 5.74) is 8.14. The Hall–Kier alpha value is -1.93. The molecule has 3 N–H and O–H groups in total. The highest BCUT2D eigenvalue weighted by atomic mass is 16.5. The minimum Gasteiger partial charge on any atom is -0.485 e. The van der Waals surface area contributed by atoms with Crippen molar-refractivity contribution in [3.8, 4) is 11.8 Å². The first-order valence-corrected chi connectivity index (χ1v) is 7.41. The Morgan fingerprint density at radius 3 is 2.71 bits per heavy atom. The number of aliphatic hydroxyl groups excluding tert-OH is 1. The van der Waals surface area contributed by atoms with Gasteiger partial charge < -0.3 is 20.5 Å². The van der Waals surface area contributed by atoms with Crippen LogP contribution in [0.1, 0.15) is 37.8 Å². The summed E-state index contributed by atoms with van der Waals surface area (Å²) in [4.78, 5) is 2.20. The molecule has 0 saturated carbocycles. The summed E-state index contributed by atoms with van der Waals surface area (Å²) in [6.07, 6.45) is 2.12. The number of nitrogens with two attached hydrogens (primary N) is 1. The molecule has 21 heavy (non-hydrogen) atoms. The smallest absolute Gasteiger partial charge is 0.129 e. The van der Waals surface area contributed by atoms with Gasteiger partial charge in [-0.1, -0.05) is 0 Å². The number of rotatable bonds is 1. The van der Waals surface area contributed by atoms with Gasteiger partial charge in [0.1, 0.15) is 17.4 Å². The fourth-order valence-corrected chi connectivity index (χ4v) is 3.19. The highest BCUT2D eigenvalue weighted by molar-refractivity contribution is 5.78. The number of nitriles is 1. The molecule has 5 nitrogen and oxygen atoms in total. The normalized spacial score (nSPS) is 23.3. The molecule has 1 atom stereocenters. The predicted octanol–water partition coefficient (Wildman–Crippen LogP) is 1.82. The maximum absolute atomic E-state index is 10.3. The van der Waals surface area contributed by atoms with Gasteiger partial charge in [0.25, 0.3) is 0 Å². The van der Waals surface area contributed by atoms with Crippen LogP contribution < -0.4 is 15.4 Å². The van der Waals surface area contributed by atoms with Crippen molar-refractivity contribution < 1.29 is 9.84 Å². The summed E-state index contributed by atoms with van der Waals surface area (Å²) in [5.74, 6) is 0.698. The molecule has 0 aliphatic carbocycles. The van der Waals surface area contributed by atoms with Crippen molar-refractivity contribution >= 4 is 11.4 Å². The molecule has 0 unspecified atom stereocenters. The van der Waals surface area contributed by atoms with E-state index in [2.05, 4.69) is 11.0 Å². The van der Waals surface area contributed by atoms with Gasteiger partial charge in [-0.2, -0.15) is 5.26 Å². The van der Waals surface area contributed by atoms with Crippen LogP contribution in [0, 0.1) is 11.3 Å². The number of fused-ring (bicyclic) bond motifs is 1. The van der Waals surface area contributed by atoms with E-state index in [0.29, 0.717) is 23.4 Å². The molecule has 0 bridgehead atoms. The van der Waals surface area contributed by atoms with E-state index in [1.165, 1.54) is 0 Å². The highest BCUT2D eigenvalue weighted by Gasteiger charge is 2.38. The Kier molecular flexibility index (Phi) is 3.22. The zero-order chi connectivity index (χ0) is 15.2. The zero-order valence-corrected chi connectivity index (χ0v) is 12.5. The van der Waals surface area contributed by atoms with E-state index in [-0.39, 0.29) is 0 Å². The van der Waals surface area contributed by atoms with Gasteiger partial charge in [-0.25, -0.2) is 0 Å². The summed E-state index contributed by atoms with van der Waals surface area (Å²) in [5, 5.41) is 19.8. The average molecular weight is 287 g/mol. The molecule has 2 aliphatic rings. The van der Waals surface area contributed by atoms with Gasteiger partial charge in [0.15, 0.2) is 0 Å². The lowest BCUT2D eigenvalue weighted by Gasteiger charge is -2.39. The molecule has 3 rings (SSSR count). The van der Waals surface area contributed by atoms with Gasteiger partial charge in [0.05, 0.1) is 23.0 Å². The summed E-state index contributed by atoms with van der Waals surface area (Å²) >= 11 is 0. The van der Waals surface area contributed by atoms with Crippen molar-refractivity contribution in [3.05, 3.63) is 17.2 Å². The summed E-state index contributed by atoms with van der Waals surface area (Å²) in [7, 11) is 0. The Labute approximate surface area is 124 Å². The second-order valence-electron chi connectivity index (χ2n) is 6.40. The van der Waals surface area contributed by atoms with E-state index in [4.69, 9.17) is 10.5 Å². The van der Waals surface area contributed by atoms with Crippen LogP contribution in [0.4, 0.5) is 11.4 Å². The molecule has 2 aliphatic heterocycles. The molecule has 2 heterocycles. The number of nitrogens with zero attached hydrogens (tertiary/aromatic N) is 2. The van der Waals surface area contributed by atoms with Crippen LogP contribution in [0.15, 0.2) is 6.07 Å². The molecule has 1 fully saturated rings. The standard InChI is InChI=1S/C16H21N3O2/c1-16(2)14(20)7-10-13(21-16)8-12(18)11(9-17)15(10)19-5-3-4-6-19/h8,14,20H,3-7,18H2,1-2H3/t14-/m0/s1. The third kappa shape index (κ3) is 2.20. The van der Waals surface area contributed by atoms with Crippen molar-refractivity contribution in [2.45, 2.75) is 44.8 Å². The largest absolute Gasteiger partial charge is 0.485 e. The van der Waals surface area contributed by atoms with Crippen molar-refractivity contribution in [1.82, 2.24) is 0 Å². The first kappa shape index (κ1) is 14.0. The SMILES string of the molecule is CC1(C)Oc2cc(N)c(C#N)c(N3CCCC3)c2C[C@@H]1O. The van der Waals surface area contributed by atoms with E-state index in [1.54, 1.807) is 6.07 Å². The van der Waals surface area contributed by atoms with Crippen LogP contribution in [-0.4, -0.2) is 29.9 Å². The molecule has 0 amide bonds. The number of benzene rings is 1. The maximum atomic E-state index is 10.3. The third-order valence-corrected chi connectivity index (χ3v) is 4.50. The quantitative estimate of drug-likeness (QED) is 0.770. The van der Waals surface area contributed by atoms with Crippen molar-refractivity contribution in [2.24, 2.45) is 0 Å². The molecule has 1 saturated heterocycles. The molecule has 0 spiro atoms. The lowest BCUT2D eigenvalue weighted by atomic mass is 9.88. The van der Waals surface area contributed by atoms with Crippen LogP contribution in [0.3, 0.4) is 0 Å². The number of aliphatic hydroxyl groups is 1. The number of hydrogen-bond donors (Lipinski definition) is 2. The van der Waals surface area contributed by atoms with E-state index in [0.717, 1.165) is 37.2 Å². The molecule has 5 heteroatoms. The number of anilines is 2. The Morgan fingerprint density at radius 2 is 2.10 bits per heavy atom. The number of nitrogen functional groups attached to an aromatic ring is 1. The van der Waals surface area contributed by atoms with Crippen molar-refractivity contribution in [1.29, 1.82) is 5.26 Å². The zero-order valence-electron chi connectivity index (χ0n) is 12.5. The fourth-order valence-electron chi connectivity index (χ4n) is 3.19. The lowest BCUT2D eigenvalue weighted by Crippen LogP contribution is -2.46. The number of hydrogen-bond acceptors (Lipinski definition) is 5. The highest BCUT2D eigenvalue weighted by Crippen LogP contribution is 2.44.